The van der Waals surface area contributed by atoms with Crippen LogP contribution >= 0.6 is 46.3 Å². The van der Waals surface area contributed by atoms with Crippen molar-refractivity contribution in [1.82, 2.24) is 4.98 Å². The van der Waals surface area contributed by atoms with Gasteiger partial charge in [-0.05, 0) is 153 Å². The van der Waals surface area contributed by atoms with Crippen LogP contribution < -0.4 is 50.2 Å². The predicted molar refractivity (Wildman–Crippen MR) is 442 cm³/mol. The smallest absolute Gasteiger partial charge is 0.313 e. The van der Waals surface area contributed by atoms with Gasteiger partial charge in [-0.15, -0.1) is 11.8 Å². The van der Waals surface area contributed by atoms with Crippen molar-refractivity contribution in [3.63, 3.8) is 0 Å². The van der Waals surface area contributed by atoms with E-state index in [1.807, 2.05) is 68.6 Å². The van der Waals surface area contributed by atoms with Gasteiger partial charge in [-0.25, -0.2) is 21.8 Å². The highest BCUT2D eigenvalue weighted by atomic mass is 35.5. The molecule has 10 N–H and O–H groups in total. The molecule has 0 atom stereocenters. The number of sulfonamides is 2. The maximum Gasteiger partial charge on any atom is 0.313 e. The Labute approximate surface area is 666 Å². The number of fused-ring (bicyclic) bond motifs is 4. The number of nitrogens with zero attached hydrogens (tertiary/aromatic N) is 2. The Hall–Kier alpha value is -12.5. The summed E-state index contributed by atoms with van der Waals surface area (Å²) in [4.78, 5) is 87.4. The fourth-order valence-corrected chi connectivity index (χ4v) is 15.1. The molecule has 0 radical (unpaired) electrons. The number of thioether (sulfide) groups is 1. The third-order valence-corrected chi connectivity index (χ3v) is 21.1. The first kappa shape index (κ1) is 83.0. The normalized spacial score (nSPS) is 11.0. The summed E-state index contributed by atoms with van der Waals surface area (Å²) in [6.45, 7) is 7.63. The molecule has 0 fully saturated rings. The summed E-state index contributed by atoms with van der Waals surface area (Å²) in [5.41, 5.74) is 6.53. The molecule has 12 rings (SSSR count). The van der Waals surface area contributed by atoms with Crippen LogP contribution in [-0.4, -0.2) is 103 Å². The Morgan fingerprint density at radius 3 is 1.64 bits per heavy atom. The zero-order valence-electron chi connectivity index (χ0n) is 60.8. The highest BCUT2D eigenvalue weighted by Crippen LogP contribution is 2.43. The average molecular weight is 1640 g/mol. The molecule has 0 bridgehead atoms. The first-order chi connectivity index (χ1) is 53.9. The molecule has 1 heterocycles. The summed E-state index contributed by atoms with van der Waals surface area (Å²) < 4.78 is 74.8. The van der Waals surface area contributed by atoms with Gasteiger partial charge in [0.15, 0.2) is 11.3 Å². The third-order valence-electron chi connectivity index (χ3n) is 16.6. The first-order valence-electron chi connectivity index (χ1n) is 34.2. The highest BCUT2D eigenvalue weighted by Gasteiger charge is 2.26. The number of carbonyl (C=O) groups excluding carboxylic acids is 4. The van der Waals surface area contributed by atoms with Crippen molar-refractivity contribution in [2.75, 3.05) is 60.4 Å². The van der Waals surface area contributed by atoms with Gasteiger partial charge in [0, 0.05) is 67.3 Å². The molecule has 0 spiro atoms. The summed E-state index contributed by atoms with van der Waals surface area (Å²) in [5, 5.41) is 54.1. The summed E-state index contributed by atoms with van der Waals surface area (Å²) in [7, 11) is -7.50. The molecule has 4 amide bonds. The number of nitriles is 1. The van der Waals surface area contributed by atoms with E-state index >= 15 is 0 Å². The molecule has 1 aromatic heterocycles. The number of rotatable bonds is 28. The SMILES string of the molecule is Cc1cc(NC(=O)c2cc(Oc3ccc(NC(=O)CCC(=O)O)cc3)c3ccccc3c2NC#N)c(Cl)cc1Cl.Cc1cc(Oc2ccc(NC(=O)CCC(=O)O)cc2)c2ccccc2c1NS(=O)(=O)c1ccccc1.Cc1ccc2nc(NC(=O)c3cc(OCCSCC(=O)O)c4c(C)cccc4c3NS(C)(=O)=O)sc2c1. The lowest BCUT2D eigenvalue weighted by atomic mass is 9.99. The zero-order chi connectivity index (χ0) is 81.3. The number of hydrogen-bond donors (Lipinski definition) is 10. The average Bonchev–Trinajstić information content (AvgIpc) is 0.869. The van der Waals surface area contributed by atoms with Gasteiger partial charge >= 0.3 is 17.9 Å². The summed E-state index contributed by atoms with van der Waals surface area (Å²) in [6, 6.07) is 54.9. The molecule has 0 saturated carbocycles. The molecule has 0 aliphatic carbocycles. The van der Waals surface area contributed by atoms with Crippen LogP contribution in [-0.2, 0) is 44.0 Å². The fourth-order valence-electron chi connectivity index (χ4n) is 11.4. The highest BCUT2D eigenvalue weighted by molar-refractivity contribution is 7.99. The zero-order valence-corrected chi connectivity index (χ0v) is 65.5. The number of carbonyl (C=O) groups is 7. The number of carboxylic acid groups (broad SMARTS) is 3. The van der Waals surface area contributed by atoms with Crippen molar-refractivity contribution >= 4 is 190 Å². The molecule has 0 saturated heterocycles. The van der Waals surface area contributed by atoms with Crippen LogP contribution in [0.5, 0.6) is 28.7 Å². The molecule has 0 aliphatic rings. The number of nitrogens with one attached hydrogen (secondary N) is 7. The number of amides is 4. The number of aromatic nitrogens is 1. The van der Waals surface area contributed by atoms with Gasteiger partial charge in [-0.2, -0.15) is 5.26 Å². The van der Waals surface area contributed by atoms with Gasteiger partial charge in [0.05, 0.1) is 85.5 Å². The topological polar surface area (TPSA) is 397 Å². The van der Waals surface area contributed by atoms with E-state index < -0.39 is 55.7 Å². The minimum absolute atomic E-state index is 0.0459. The van der Waals surface area contributed by atoms with Crippen LogP contribution in [0.4, 0.5) is 39.3 Å². The van der Waals surface area contributed by atoms with Gasteiger partial charge < -0.3 is 45.5 Å². The Morgan fingerprint density at radius 2 is 1.06 bits per heavy atom. The Morgan fingerprint density at radius 1 is 0.522 bits per heavy atom. The van der Waals surface area contributed by atoms with Gasteiger partial charge in [-0.3, -0.25) is 53.6 Å². The van der Waals surface area contributed by atoms with Crippen molar-refractivity contribution in [2.45, 2.75) is 58.3 Å². The second-order valence-electron chi connectivity index (χ2n) is 25.2. The van der Waals surface area contributed by atoms with E-state index in [2.05, 4.69) is 41.0 Å². The van der Waals surface area contributed by atoms with E-state index in [4.69, 9.17) is 52.7 Å². The predicted octanol–water partition coefficient (Wildman–Crippen LogP) is 17.6. The molecule has 11 aromatic carbocycles. The lowest BCUT2D eigenvalue weighted by Crippen LogP contribution is -2.18. The maximum absolute atomic E-state index is 13.5. The quantitative estimate of drug-likeness (QED) is 0.0124. The van der Waals surface area contributed by atoms with Gasteiger partial charge in [0.1, 0.15) is 28.7 Å². The summed E-state index contributed by atoms with van der Waals surface area (Å²) in [6.07, 6.45) is 2.15. The molecule has 0 unspecified atom stereocenters. The molecule has 26 nitrogen and oxygen atoms in total. The van der Waals surface area contributed by atoms with Crippen LogP contribution in [0.15, 0.2) is 199 Å². The standard InChI is InChI=1S/C29H22Cl2N4O5.C27H24N2O6S.C25H25N3O6S3/c1-16-12-24(23(31)14-22(16)30)35-29(39)21-13-25(19-4-2-3-5-20(19)28(21)33-15-32)40-18-8-6-17(7-9-18)34-26(36)10-11-27(37)38;1-18-17-24(35-20-13-11-19(12-14-20)28-25(30)15-16-26(31)32)22-9-5-6-10-23(22)27(18)29-36(33,34)21-7-3-2-4-8-21;1-14-7-8-18-20(11-14)36-25(26-18)27-24(31)17-12-19(34-9-10-35-13-21(29)30)22-15(2)5-4-6-16(22)23(17)28-37(3,32)33/h2-9,12-14,33H,10-11H2,1H3,(H,34,36)(H,35,39)(H,37,38);2-14,17,29H,15-16H2,1H3,(H,28,30)(H,31,32);4-8,11-12,28H,9-10,13H2,1-3H3,(H,29,30)(H,26,27,31). The minimum atomic E-state index is -3.78. The molecule has 0 aliphatic heterocycles. The van der Waals surface area contributed by atoms with Crippen LogP contribution in [0.1, 0.15) is 68.7 Å². The number of benzene rings is 11. The number of anilines is 7. The second-order valence-corrected chi connectivity index (χ2v) is 31.6. The molecular weight excluding hydrogens is 1570 g/mol. The van der Waals surface area contributed by atoms with Crippen molar-refractivity contribution < 1.29 is 79.9 Å². The Bertz CT molecular complexity index is 5950. The van der Waals surface area contributed by atoms with Crippen molar-refractivity contribution in [3.05, 3.63) is 238 Å². The third kappa shape index (κ3) is 22.4. The van der Waals surface area contributed by atoms with E-state index in [-0.39, 0.29) is 70.7 Å². The van der Waals surface area contributed by atoms with E-state index in [9.17, 15) is 55.7 Å². The Kier molecular flexibility index (Phi) is 27.5. The molecule has 12 aromatic rings. The monoisotopic (exact) mass is 1640 g/mol. The lowest BCUT2D eigenvalue weighted by Gasteiger charge is -2.18. The lowest BCUT2D eigenvalue weighted by molar-refractivity contribution is -0.138. The van der Waals surface area contributed by atoms with E-state index in [0.717, 1.165) is 38.5 Å². The van der Waals surface area contributed by atoms with Crippen LogP contribution in [0, 0.1) is 39.1 Å². The Balaban J connectivity index is 0.000000180. The first-order valence-corrected chi connectivity index (χ1v) is 40.3. The fraction of sp³-hybridized carbons (Fsp3) is 0.148. The number of thiazole rings is 1. The van der Waals surface area contributed by atoms with Crippen LogP contribution in [0.2, 0.25) is 10.0 Å². The summed E-state index contributed by atoms with van der Waals surface area (Å²) >= 11 is 15.0. The van der Waals surface area contributed by atoms with Gasteiger partial charge in [-0.1, -0.05) is 126 Å². The minimum Gasteiger partial charge on any atom is -0.492 e. The van der Waals surface area contributed by atoms with E-state index in [0.29, 0.717) is 106 Å². The van der Waals surface area contributed by atoms with Crippen LogP contribution in [0.25, 0.3) is 42.5 Å². The second kappa shape index (κ2) is 37.5. The molecule has 113 heavy (non-hydrogen) atoms. The van der Waals surface area contributed by atoms with Crippen molar-refractivity contribution in [3.8, 4) is 34.9 Å². The van der Waals surface area contributed by atoms with Gasteiger partial charge in [0.2, 0.25) is 21.8 Å². The number of aryl methyl sites for hydroxylation is 4. The van der Waals surface area contributed by atoms with E-state index in [1.165, 1.54) is 53.4 Å². The number of carboxylic acids is 3. The number of halogens is 2. The molecular formula is C81H71Cl2N9O17S4. The van der Waals surface area contributed by atoms with Crippen molar-refractivity contribution in [1.29, 1.82) is 5.26 Å². The molecule has 580 valence electrons. The number of ether oxygens (including phenoxy) is 3. The van der Waals surface area contributed by atoms with Crippen molar-refractivity contribution in [2.24, 2.45) is 0 Å². The molecule has 32 heteroatoms. The number of hydrogen-bond acceptors (Lipinski definition) is 19. The van der Waals surface area contributed by atoms with Crippen LogP contribution in [0.3, 0.4) is 0 Å². The van der Waals surface area contributed by atoms with Gasteiger partial charge in [0.25, 0.3) is 21.8 Å². The number of aliphatic carboxylic acids is 3. The summed E-state index contributed by atoms with van der Waals surface area (Å²) in [5.74, 6) is -2.28. The largest absolute Gasteiger partial charge is 0.492 e. The van der Waals surface area contributed by atoms with E-state index in [1.54, 1.807) is 129 Å². The maximum atomic E-state index is 13.5.